The van der Waals surface area contributed by atoms with Crippen LogP contribution in [0.4, 0.5) is 0 Å². The summed E-state index contributed by atoms with van der Waals surface area (Å²) in [5.41, 5.74) is 0. The quantitative estimate of drug-likeness (QED) is 0.0836. The molecule has 0 spiro atoms. The highest BCUT2D eigenvalue weighted by Crippen LogP contribution is 2.41. The van der Waals surface area contributed by atoms with Gasteiger partial charge in [0, 0.05) is 0 Å². The van der Waals surface area contributed by atoms with Crippen molar-refractivity contribution in [3.05, 3.63) is 0 Å². The molecule has 4 aliphatic rings. The molecule has 0 radical (unpaired) electrons. The lowest BCUT2D eigenvalue weighted by Crippen LogP contribution is -2.57. The second-order valence-corrected chi connectivity index (χ2v) is 12.1. The van der Waals surface area contributed by atoms with Gasteiger partial charge in [-0.25, -0.2) is 0 Å². The summed E-state index contributed by atoms with van der Waals surface area (Å²) >= 11 is 0. The Labute approximate surface area is 253 Å². The molecular formula is C30H50O13. The molecule has 4 heterocycles. The van der Waals surface area contributed by atoms with Crippen LogP contribution in [0.5, 0.6) is 0 Å². The number of carbonyl (C=O) groups excluding carboxylic acids is 1. The highest BCUT2D eigenvalue weighted by atomic mass is 16.9. The van der Waals surface area contributed by atoms with Crippen molar-refractivity contribution in [2.75, 3.05) is 0 Å². The number of ether oxygens (including phenoxy) is 7. The van der Waals surface area contributed by atoms with Crippen LogP contribution in [0.15, 0.2) is 0 Å². The third-order valence-corrected chi connectivity index (χ3v) is 8.38. The monoisotopic (exact) mass is 618 g/mol. The summed E-state index contributed by atoms with van der Waals surface area (Å²) in [6.45, 7) is 4.25. The number of aliphatic hydroxyl groups excluding tert-OH is 3. The molecule has 4 fully saturated rings. The number of carboxylic acids is 1. The Balaban J connectivity index is 1.37. The maximum absolute atomic E-state index is 13.1. The Morgan fingerprint density at radius 2 is 1.23 bits per heavy atom. The SMILES string of the molecule is CCCCCCC[C@H](CC(=O)O)OC(=O)C[C@@H](CCCCCCC)O[C@@H]1OC2O[C@@H]2C(O)[C@@H]1O[C@@H]1OC2O[C@@H]2C(O)C1O. The van der Waals surface area contributed by atoms with Crippen LogP contribution in [0.2, 0.25) is 0 Å². The molecule has 13 nitrogen and oxygen atoms in total. The number of aliphatic hydroxyl groups is 3. The molecule has 0 saturated carbocycles. The fourth-order valence-corrected chi connectivity index (χ4v) is 5.74. The predicted octanol–water partition coefficient (Wildman–Crippen LogP) is 2.50. The Kier molecular flexibility index (Phi) is 13.4. The van der Waals surface area contributed by atoms with E-state index in [1.165, 1.54) is 0 Å². The number of esters is 1. The van der Waals surface area contributed by atoms with Crippen molar-refractivity contribution >= 4 is 11.9 Å². The predicted molar refractivity (Wildman–Crippen MR) is 148 cm³/mol. The van der Waals surface area contributed by atoms with Crippen molar-refractivity contribution in [3.63, 3.8) is 0 Å². The van der Waals surface area contributed by atoms with Gasteiger partial charge >= 0.3 is 11.9 Å². The number of rotatable bonds is 21. The van der Waals surface area contributed by atoms with Gasteiger partial charge in [-0.3, -0.25) is 9.59 Å². The summed E-state index contributed by atoms with van der Waals surface area (Å²) in [7, 11) is 0. The number of hydrogen-bond acceptors (Lipinski definition) is 12. The molecule has 5 unspecified atom stereocenters. The second kappa shape index (κ2) is 16.8. The standard InChI is InChI=1S/C30H50O13/c1-3-5-7-9-11-13-17(15-19(31)32)37-20(33)16-18(14-12-10-8-6-4-2)38-28-25(23(36)26-30(41-26)43-28)39-27-22(35)21(34)24-29(40-24)42-27/h17-18,21-30,34-36H,3-16H2,1-2H3,(H,31,32)/t17-,18-,21?,22?,23?,24-,25+,26-,27-,28-,29?,30?/m1/s1. The van der Waals surface area contributed by atoms with Crippen LogP contribution in [0, 0.1) is 0 Å². The maximum atomic E-state index is 13.1. The van der Waals surface area contributed by atoms with Crippen molar-refractivity contribution < 1.29 is 63.2 Å². The highest BCUT2D eigenvalue weighted by molar-refractivity contribution is 5.72. The maximum Gasteiger partial charge on any atom is 0.308 e. The molecule has 4 rings (SSSR count). The van der Waals surface area contributed by atoms with Gasteiger partial charge in [0.2, 0.25) is 0 Å². The normalized spacial score (nSPS) is 35.8. The third kappa shape index (κ3) is 10.3. The average Bonchev–Trinajstić information content (AvgIpc) is 3.88. The van der Waals surface area contributed by atoms with E-state index in [2.05, 4.69) is 13.8 Å². The summed E-state index contributed by atoms with van der Waals surface area (Å²) < 4.78 is 39.8. The molecule has 13 heteroatoms. The molecule has 0 amide bonds. The van der Waals surface area contributed by atoms with E-state index in [1.807, 2.05) is 0 Å². The van der Waals surface area contributed by atoms with Crippen molar-refractivity contribution in [3.8, 4) is 0 Å². The minimum absolute atomic E-state index is 0.143. The van der Waals surface area contributed by atoms with E-state index in [4.69, 9.17) is 33.2 Å². The Morgan fingerprint density at radius 1 is 0.674 bits per heavy atom. The molecule has 43 heavy (non-hydrogen) atoms. The van der Waals surface area contributed by atoms with E-state index in [1.54, 1.807) is 0 Å². The van der Waals surface area contributed by atoms with E-state index in [-0.39, 0.29) is 12.8 Å². The van der Waals surface area contributed by atoms with Crippen LogP contribution in [0.25, 0.3) is 0 Å². The zero-order chi connectivity index (χ0) is 30.9. The topological polar surface area (TPSA) is 186 Å². The van der Waals surface area contributed by atoms with E-state index >= 15 is 0 Å². The fourth-order valence-electron chi connectivity index (χ4n) is 5.74. The molecule has 0 aromatic rings. The van der Waals surface area contributed by atoms with Crippen molar-refractivity contribution in [1.29, 1.82) is 0 Å². The van der Waals surface area contributed by atoms with E-state index in [0.29, 0.717) is 12.8 Å². The second-order valence-electron chi connectivity index (χ2n) is 12.1. The first-order valence-corrected chi connectivity index (χ1v) is 16.1. The fraction of sp³-hybridized carbons (Fsp3) is 0.933. The number of unbranched alkanes of at least 4 members (excludes halogenated alkanes) is 8. The molecule has 0 aliphatic carbocycles. The molecule has 4 aliphatic heterocycles. The number of hydrogen-bond donors (Lipinski definition) is 4. The van der Waals surface area contributed by atoms with Gasteiger partial charge < -0.3 is 53.6 Å². The first-order chi connectivity index (χ1) is 20.7. The largest absolute Gasteiger partial charge is 0.481 e. The molecule has 4 N–H and O–H groups in total. The molecule has 0 aromatic heterocycles. The summed E-state index contributed by atoms with van der Waals surface area (Å²) in [5, 5.41) is 41.0. The van der Waals surface area contributed by atoms with Crippen molar-refractivity contribution in [2.45, 2.75) is 178 Å². The van der Waals surface area contributed by atoms with Crippen LogP contribution in [-0.2, 0) is 42.7 Å². The van der Waals surface area contributed by atoms with E-state index in [0.717, 1.165) is 64.2 Å². The van der Waals surface area contributed by atoms with Gasteiger partial charge in [0.15, 0.2) is 25.2 Å². The molecule has 12 atom stereocenters. The number of carboxylic acid groups (broad SMARTS) is 1. The van der Waals surface area contributed by atoms with Gasteiger partial charge in [-0.05, 0) is 19.3 Å². The Morgan fingerprint density at radius 3 is 1.84 bits per heavy atom. The summed E-state index contributed by atoms with van der Waals surface area (Å²) in [6, 6.07) is 0. The zero-order valence-corrected chi connectivity index (χ0v) is 25.3. The van der Waals surface area contributed by atoms with Crippen LogP contribution in [0.1, 0.15) is 104 Å². The Bertz CT molecular complexity index is 873. The highest BCUT2D eigenvalue weighted by Gasteiger charge is 2.61. The van der Waals surface area contributed by atoms with Gasteiger partial charge in [-0.15, -0.1) is 0 Å². The summed E-state index contributed by atoms with van der Waals surface area (Å²) in [5.74, 6) is -1.60. The van der Waals surface area contributed by atoms with Gasteiger partial charge in [0.25, 0.3) is 0 Å². The molecule has 248 valence electrons. The van der Waals surface area contributed by atoms with Gasteiger partial charge in [0.05, 0.1) is 18.9 Å². The van der Waals surface area contributed by atoms with Crippen LogP contribution < -0.4 is 0 Å². The Hall–Kier alpha value is -1.42. The van der Waals surface area contributed by atoms with Crippen molar-refractivity contribution in [1.82, 2.24) is 0 Å². The lowest BCUT2D eigenvalue weighted by Gasteiger charge is -2.38. The molecule has 0 bridgehead atoms. The van der Waals surface area contributed by atoms with Gasteiger partial charge in [-0.2, -0.15) is 0 Å². The van der Waals surface area contributed by atoms with E-state index < -0.39 is 85.9 Å². The first kappa shape index (κ1) is 34.5. The smallest absolute Gasteiger partial charge is 0.308 e. The number of epoxide rings is 2. The lowest BCUT2D eigenvalue weighted by molar-refractivity contribution is -0.329. The number of aliphatic carboxylic acids is 1. The lowest BCUT2D eigenvalue weighted by atomic mass is 10.0. The van der Waals surface area contributed by atoms with Crippen molar-refractivity contribution in [2.24, 2.45) is 0 Å². The molecule has 0 aromatic carbocycles. The van der Waals surface area contributed by atoms with Gasteiger partial charge in [0.1, 0.15) is 42.7 Å². The minimum Gasteiger partial charge on any atom is -0.481 e. The summed E-state index contributed by atoms with van der Waals surface area (Å²) in [4.78, 5) is 24.5. The third-order valence-electron chi connectivity index (χ3n) is 8.38. The average molecular weight is 619 g/mol. The summed E-state index contributed by atoms with van der Waals surface area (Å²) in [6.07, 6.45) is -1.11. The van der Waals surface area contributed by atoms with Crippen LogP contribution in [-0.4, -0.2) is 106 Å². The minimum atomic E-state index is -1.42. The van der Waals surface area contributed by atoms with Crippen LogP contribution in [0.3, 0.4) is 0 Å². The first-order valence-electron chi connectivity index (χ1n) is 16.1. The number of fused-ring (bicyclic) bond motifs is 2. The van der Waals surface area contributed by atoms with Gasteiger partial charge in [-0.1, -0.05) is 71.6 Å². The number of carbonyl (C=O) groups is 2. The van der Waals surface area contributed by atoms with Crippen LogP contribution >= 0.6 is 0 Å². The molecule has 4 saturated heterocycles. The zero-order valence-electron chi connectivity index (χ0n) is 25.3. The molecular weight excluding hydrogens is 568 g/mol. The van der Waals surface area contributed by atoms with E-state index in [9.17, 15) is 30.0 Å².